The fourth-order valence-electron chi connectivity index (χ4n) is 9.17. The van der Waals surface area contributed by atoms with Crippen molar-refractivity contribution in [2.45, 2.75) is 58.8 Å². The van der Waals surface area contributed by atoms with E-state index >= 15 is 0 Å². The molecule has 0 heterocycles. The van der Waals surface area contributed by atoms with E-state index in [0.717, 1.165) is 6.42 Å². The molecule has 284 valence electrons. The van der Waals surface area contributed by atoms with Crippen LogP contribution in [0, 0.1) is 5.41 Å². The van der Waals surface area contributed by atoms with Crippen molar-refractivity contribution in [1.29, 1.82) is 0 Å². The van der Waals surface area contributed by atoms with Crippen molar-refractivity contribution in [3.05, 3.63) is 249 Å². The van der Waals surface area contributed by atoms with E-state index in [1.54, 1.807) is 0 Å². The molecule has 6 aromatic carbocycles. The van der Waals surface area contributed by atoms with E-state index in [9.17, 15) is 0 Å². The molecule has 9 rings (SSSR count). The summed E-state index contributed by atoms with van der Waals surface area (Å²) >= 11 is 1.46. The van der Waals surface area contributed by atoms with Crippen LogP contribution in [0.4, 0.5) is 0 Å². The van der Waals surface area contributed by atoms with E-state index in [1.807, 2.05) is 0 Å². The molecule has 58 heavy (non-hydrogen) atoms. The Hall–Kier alpha value is -5.23. The van der Waals surface area contributed by atoms with Gasteiger partial charge in [-0.25, -0.2) is 0 Å². The summed E-state index contributed by atoms with van der Waals surface area (Å²) in [5.41, 5.74) is 15.3. The molecular formula is C57H51Zr-. The molecule has 1 atom stereocenters. The zero-order chi connectivity index (χ0) is 40.5. The molecule has 3 aliphatic rings. The van der Waals surface area contributed by atoms with Gasteiger partial charge in [0.05, 0.1) is 0 Å². The molecule has 0 radical (unpaired) electrons. The molecule has 0 saturated heterocycles. The van der Waals surface area contributed by atoms with Crippen LogP contribution in [0.3, 0.4) is 0 Å². The Morgan fingerprint density at radius 3 is 1.59 bits per heavy atom. The number of benzene rings is 6. The molecule has 1 unspecified atom stereocenters. The van der Waals surface area contributed by atoms with Crippen LogP contribution in [0.1, 0.15) is 81.3 Å². The molecule has 0 N–H and O–H groups in total. The molecule has 0 saturated carbocycles. The van der Waals surface area contributed by atoms with Crippen molar-refractivity contribution in [2.75, 3.05) is 0 Å². The van der Waals surface area contributed by atoms with Gasteiger partial charge >= 0.3 is 99.2 Å². The third-order valence-corrected chi connectivity index (χ3v) is 13.3. The predicted molar refractivity (Wildman–Crippen MR) is 243 cm³/mol. The van der Waals surface area contributed by atoms with E-state index in [-0.39, 0.29) is 10.8 Å². The molecule has 0 nitrogen and oxygen atoms in total. The topological polar surface area (TPSA) is 0 Å². The summed E-state index contributed by atoms with van der Waals surface area (Å²) in [6, 6.07) is 61.7. The molecule has 0 aliphatic heterocycles. The maximum atomic E-state index is 4.08. The average molecular weight is 827 g/mol. The monoisotopic (exact) mass is 825 g/mol. The van der Waals surface area contributed by atoms with Crippen LogP contribution in [0.25, 0.3) is 22.8 Å². The Bertz CT molecular complexity index is 2670. The van der Waals surface area contributed by atoms with Gasteiger partial charge in [-0.1, -0.05) is 180 Å². The zero-order valence-electron chi connectivity index (χ0n) is 34.6. The molecule has 1 heteroatoms. The van der Waals surface area contributed by atoms with Crippen LogP contribution < -0.4 is 10.4 Å². The van der Waals surface area contributed by atoms with Gasteiger partial charge in [0.25, 0.3) is 0 Å². The van der Waals surface area contributed by atoms with Gasteiger partial charge in [-0.05, 0) is 45.1 Å². The number of fused-ring (bicyclic) bond motifs is 2. The molecule has 6 aromatic rings. The summed E-state index contributed by atoms with van der Waals surface area (Å²) in [5.74, 6) is 0. The minimum atomic E-state index is -0.459. The second-order valence-electron chi connectivity index (χ2n) is 17.5. The Kier molecular flexibility index (Phi) is 11.1. The summed E-state index contributed by atoms with van der Waals surface area (Å²) in [5, 5.41) is 2.48. The Morgan fingerprint density at radius 2 is 1.09 bits per heavy atom. The molecule has 0 bridgehead atoms. The van der Waals surface area contributed by atoms with Gasteiger partial charge in [0.15, 0.2) is 0 Å². The molecule has 0 amide bonds. The van der Waals surface area contributed by atoms with Crippen molar-refractivity contribution in [3.8, 4) is 0 Å². The summed E-state index contributed by atoms with van der Waals surface area (Å²) in [7, 11) is 0. The second kappa shape index (κ2) is 16.2. The minimum absolute atomic E-state index is 0.0523. The van der Waals surface area contributed by atoms with E-state index in [0.29, 0.717) is 0 Å². The number of hydrogen-bond donors (Lipinski definition) is 0. The van der Waals surface area contributed by atoms with Crippen LogP contribution in [0.2, 0.25) is 0 Å². The van der Waals surface area contributed by atoms with Gasteiger partial charge in [0.1, 0.15) is 0 Å². The standard InChI is InChI=1S/C44H41.C13H10.Zr/c1-42(2,3)35-26-27-36-33(28-35)29-37-39(36)38(30-18-10-7-11-19-30)41(32-20-12-8-13-21-32)44(43(4,5)6,34-24-14-9-15-25-34)40(37)31-22-16-17-23-31;1-3-7-12(8-4-1)11-13-9-5-2-6-10-13;/h7-22,24-28H,23H2,1-6H3;1-10H;/q-1;;. The molecule has 3 aliphatic carbocycles. The SMILES string of the molecule is CC(C)(C)c1ccc2c(c1)=[C-]C1=C(C3=CC=CC3)C(c3ccccc3)(C(C)(C)C)C(c3ccccc3)=C(c3ccccc3)C=21.[Zr]=[C](c1ccccc1)c1ccccc1. The quantitative estimate of drug-likeness (QED) is 0.147. The third kappa shape index (κ3) is 7.24. The maximum absolute atomic E-state index is 4.08. The number of rotatable bonds is 6. The molecular weight excluding hydrogens is 776 g/mol. The first-order valence-corrected chi connectivity index (χ1v) is 21.7. The van der Waals surface area contributed by atoms with Crippen molar-refractivity contribution in [3.63, 3.8) is 0 Å². The van der Waals surface area contributed by atoms with E-state index in [4.69, 9.17) is 0 Å². The Labute approximate surface area is 360 Å². The van der Waals surface area contributed by atoms with E-state index < -0.39 is 5.41 Å². The van der Waals surface area contributed by atoms with Gasteiger partial charge in [-0.15, -0.1) is 33.7 Å². The predicted octanol–water partition coefficient (Wildman–Crippen LogP) is 12.4. The first-order chi connectivity index (χ1) is 28.0. The van der Waals surface area contributed by atoms with Crippen molar-refractivity contribution < 1.29 is 24.2 Å². The van der Waals surface area contributed by atoms with Gasteiger partial charge in [-0.3, -0.25) is 0 Å². The first kappa shape index (κ1) is 39.6. The summed E-state index contributed by atoms with van der Waals surface area (Å²) in [6.45, 7) is 14.2. The van der Waals surface area contributed by atoms with Gasteiger partial charge in [-0.2, -0.15) is 0 Å². The summed E-state index contributed by atoms with van der Waals surface area (Å²) in [4.78, 5) is 0. The molecule has 0 aromatic heterocycles. The first-order valence-electron chi connectivity index (χ1n) is 20.5. The van der Waals surface area contributed by atoms with E-state index in [2.05, 4.69) is 236 Å². The number of hydrogen-bond acceptors (Lipinski definition) is 0. The third-order valence-electron chi connectivity index (χ3n) is 11.8. The van der Waals surface area contributed by atoms with Gasteiger partial charge < -0.3 is 0 Å². The normalized spacial score (nSPS) is 17.2. The Morgan fingerprint density at radius 1 is 0.569 bits per heavy atom. The van der Waals surface area contributed by atoms with Crippen LogP contribution in [-0.4, -0.2) is 3.21 Å². The van der Waals surface area contributed by atoms with Crippen molar-refractivity contribution in [1.82, 2.24) is 0 Å². The molecule has 0 fully saturated rings. The van der Waals surface area contributed by atoms with Crippen LogP contribution in [0.15, 0.2) is 205 Å². The zero-order valence-corrected chi connectivity index (χ0v) is 37.1. The average Bonchev–Trinajstić information content (AvgIpc) is 3.92. The van der Waals surface area contributed by atoms with E-state index in [1.165, 1.54) is 105 Å². The van der Waals surface area contributed by atoms with Crippen molar-refractivity contribution >= 4 is 26.0 Å². The summed E-state index contributed by atoms with van der Waals surface area (Å²) in [6.07, 6.45) is 11.9. The second-order valence-corrected chi connectivity index (χ2v) is 18.8. The van der Waals surface area contributed by atoms with Crippen molar-refractivity contribution in [2.24, 2.45) is 5.41 Å². The Balaban J connectivity index is 0.000000283. The van der Waals surface area contributed by atoms with Crippen LogP contribution in [-0.2, 0) is 35.1 Å². The fraction of sp³-hybridized carbons (Fsp3) is 0.175. The van der Waals surface area contributed by atoms with Crippen LogP contribution >= 0.6 is 0 Å². The van der Waals surface area contributed by atoms with Crippen LogP contribution in [0.5, 0.6) is 0 Å². The summed E-state index contributed by atoms with van der Waals surface area (Å²) < 4.78 is 1.42. The molecule has 0 spiro atoms. The fourth-order valence-corrected chi connectivity index (χ4v) is 9.98. The number of allylic oxidation sites excluding steroid dienone is 8. The van der Waals surface area contributed by atoms with Gasteiger partial charge in [0, 0.05) is 5.41 Å². The van der Waals surface area contributed by atoms with Gasteiger partial charge in [0.2, 0.25) is 0 Å².